The Balaban J connectivity index is 2.58. The molecule has 0 aliphatic heterocycles. The van der Waals surface area contributed by atoms with E-state index in [1.54, 1.807) is 20.8 Å². The Morgan fingerprint density at radius 1 is 1.23 bits per heavy atom. The van der Waals surface area contributed by atoms with Crippen molar-refractivity contribution in [3.05, 3.63) is 24.3 Å². The Morgan fingerprint density at radius 3 is 2.33 bits per heavy atom. The molecule has 0 aromatic heterocycles. The number of rotatable bonds is 9. The summed E-state index contributed by atoms with van der Waals surface area (Å²) in [4.78, 5) is 26.9. The molecule has 0 spiro atoms. The normalized spacial score (nSPS) is 13.3. The monoisotopic (exact) mass is 444 g/mol. The van der Waals surface area contributed by atoms with E-state index in [2.05, 4.69) is 15.0 Å². The SMILES string of the molecule is COc1ccc(S(=O)(=O)NC(N)=NCCCC(NC(=O)OC(C)(C)C)C(=O)O)cc1. The van der Waals surface area contributed by atoms with Crippen molar-refractivity contribution in [3.63, 3.8) is 0 Å². The Morgan fingerprint density at radius 2 is 1.83 bits per heavy atom. The lowest BCUT2D eigenvalue weighted by molar-refractivity contribution is -0.139. The number of sulfonamides is 1. The zero-order valence-electron chi connectivity index (χ0n) is 17.3. The standard InChI is InChI=1S/C18H28N4O7S/c1-18(2,3)29-17(25)21-14(15(23)24)6-5-11-20-16(19)22-30(26,27)13-9-7-12(28-4)8-10-13/h7-10,14H,5-6,11H2,1-4H3,(H,21,25)(H,23,24)(H3,19,20,22). The van der Waals surface area contributed by atoms with Crippen LogP contribution < -0.4 is 20.5 Å². The van der Waals surface area contributed by atoms with E-state index in [0.29, 0.717) is 5.75 Å². The number of nitrogens with two attached hydrogens (primary N) is 1. The number of aliphatic carboxylic acids is 1. The second-order valence-corrected chi connectivity index (χ2v) is 8.91. The van der Waals surface area contributed by atoms with Crippen molar-refractivity contribution >= 4 is 28.0 Å². The molecular weight excluding hydrogens is 416 g/mol. The number of hydrogen-bond acceptors (Lipinski definition) is 7. The van der Waals surface area contributed by atoms with Gasteiger partial charge >= 0.3 is 12.1 Å². The van der Waals surface area contributed by atoms with Gasteiger partial charge in [0.25, 0.3) is 10.0 Å². The third kappa shape index (κ3) is 8.99. The predicted octanol–water partition coefficient (Wildman–Crippen LogP) is 1.05. The van der Waals surface area contributed by atoms with Crippen LogP contribution in [0.3, 0.4) is 0 Å². The van der Waals surface area contributed by atoms with Gasteiger partial charge in [-0.05, 0) is 57.9 Å². The van der Waals surface area contributed by atoms with E-state index in [-0.39, 0.29) is 30.2 Å². The number of alkyl carbamates (subject to hydrolysis) is 1. The summed E-state index contributed by atoms with van der Waals surface area (Å²) >= 11 is 0. The van der Waals surface area contributed by atoms with Crippen LogP contribution >= 0.6 is 0 Å². The summed E-state index contributed by atoms with van der Waals surface area (Å²) in [7, 11) is -2.45. The molecule has 1 unspecified atom stereocenters. The van der Waals surface area contributed by atoms with Crippen molar-refractivity contribution in [1.29, 1.82) is 0 Å². The van der Waals surface area contributed by atoms with Gasteiger partial charge in [-0.2, -0.15) is 0 Å². The van der Waals surface area contributed by atoms with Gasteiger partial charge in [-0.1, -0.05) is 0 Å². The van der Waals surface area contributed by atoms with E-state index < -0.39 is 33.7 Å². The molecule has 0 fully saturated rings. The zero-order chi connectivity index (χ0) is 22.9. The molecular formula is C18H28N4O7S. The largest absolute Gasteiger partial charge is 0.497 e. The molecule has 0 saturated heterocycles. The molecule has 168 valence electrons. The topological polar surface area (TPSA) is 169 Å². The summed E-state index contributed by atoms with van der Waals surface area (Å²) in [6.07, 6.45) is -0.556. The number of nitrogens with zero attached hydrogens (tertiary/aromatic N) is 1. The molecule has 30 heavy (non-hydrogen) atoms. The van der Waals surface area contributed by atoms with Gasteiger partial charge in [0.05, 0.1) is 12.0 Å². The summed E-state index contributed by atoms with van der Waals surface area (Å²) in [5.74, 6) is -1.06. The smallest absolute Gasteiger partial charge is 0.408 e. The van der Waals surface area contributed by atoms with Crippen molar-refractivity contribution in [1.82, 2.24) is 10.0 Å². The molecule has 0 radical (unpaired) electrons. The minimum Gasteiger partial charge on any atom is -0.497 e. The van der Waals surface area contributed by atoms with Gasteiger partial charge in [-0.25, -0.2) is 22.7 Å². The molecule has 11 nitrogen and oxygen atoms in total. The fourth-order valence-electron chi connectivity index (χ4n) is 2.19. The van der Waals surface area contributed by atoms with Crippen LogP contribution in [0.15, 0.2) is 34.2 Å². The highest BCUT2D eigenvalue weighted by molar-refractivity contribution is 7.90. The summed E-state index contributed by atoms with van der Waals surface area (Å²) in [6, 6.07) is 4.52. The number of aliphatic imine (C=N–C) groups is 1. The van der Waals surface area contributed by atoms with Gasteiger partial charge in [-0.15, -0.1) is 0 Å². The van der Waals surface area contributed by atoms with E-state index in [1.807, 2.05) is 0 Å². The second kappa shape index (κ2) is 10.7. The van der Waals surface area contributed by atoms with E-state index in [9.17, 15) is 23.1 Å². The van der Waals surface area contributed by atoms with Crippen molar-refractivity contribution in [3.8, 4) is 5.75 Å². The quantitative estimate of drug-likeness (QED) is 0.249. The number of guanidine groups is 1. The number of ether oxygens (including phenoxy) is 2. The lowest BCUT2D eigenvalue weighted by atomic mass is 10.1. The Hall–Kier alpha value is -3.02. The molecule has 1 aromatic rings. The number of carboxylic acid groups (broad SMARTS) is 1. The van der Waals surface area contributed by atoms with Gasteiger partial charge < -0.3 is 25.6 Å². The molecule has 0 aliphatic rings. The summed E-state index contributed by atoms with van der Waals surface area (Å²) in [5.41, 5.74) is 4.85. The molecule has 0 saturated carbocycles. The second-order valence-electron chi connectivity index (χ2n) is 7.23. The molecule has 1 aromatic carbocycles. The van der Waals surface area contributed by atoms with Crippen LogP contribution in [-0.2, 0) is 19.6 Å². The molecule has 0 aliphatic carbocycles. The number of carbonyl (C=O) groups is 2. The number of benzene rings is 1. The highest BCUT2D eigenvalue weighted by Gasteiger charge is 2.23. The maximum atomic E-state index is 12.3. The van der Waals surface area contributed by atoms with Crippen LogP contribution in [0.2, 0.25) is 0 Å². The highest BCUT2D eigenvalue weighted by atomic mass is 32.2. The molecule has 1 amide bonds. The maximum Gasteiger partial charge on any atom is 0.408 e. The van der Waals surface area contributed by atoms with Crippen LogP contribution in [0.4, 0.5) is 4.79 Å². The predicted molar refractivity (Wildman–Crippen MR) is 110 cm³/mol. The Labute approximate surface area is 175 Å². The molecule has 1 atom stereocenters. The summed E-state index contributed by atoms with van der Waals surface area (Å²) < 4.78 is 36.6. The fourth-order valence-corrected chi connectivity index (χ4v) is 3.14. The minimum atomic E-state index is -3.91. The average Bonchev–Trinajstić information content (AvgIpc) is 2.62. The van der Waals surface area contributed by atoms with Crippen LogP contribution in [0.1, 0.15) is 33.6 Å². The maximum absolute atomic E-state index is 12.3. The first-order chi connectivity index (χ1) is 13.8. The zero-order valence-corrected chi connectivity index (χ0v) is 18.2. The van der Waals surface area contributed by atoms with Crippen molar-refractivity contribution in [2.75, 3.05) is 13.7 Å². The van der Waals surface area contributed by atoms with E-state index in [1.165, 1.54) is 31.4 Å². The van der Waals surface area contributed by atoms with Crippen molar-refractivity contribution in [2.24, 2.45) is 10.7 Å². The van der Waals surface area contributed by atoms with E-state index in [4.69, 9.17) is 15.2 Å². The summed E-state index contributed by atoms with van der Waals surface area (Å²) in [6.45, 7) is 5.03. The molecule has 1 rings (SSSR count). The third-order valence-corrected chi connectivity index (χ3v) is 4.90. The lowest BCUT2D eigenvalue weighted by Crippen LogP contribution is -2.43. The number of methoxy groups -OCH3 is 1. The highest BCUT2D eigenvalue weighted by Crippen LogP contribution is 2.15. The van der Waals surface area contributed by atoms with Crippen LogP contribution in [0, 0.1) is 0 Å². The number of carboxylic acids is 1. The number of hydrogen-bond donors (Lipinski definition) is 4. The number of amides is 1. The first-order valence-electron chi connectivity index (χ1n) is 9.03. The Kier molecular flexibility index (Phi) is 8.90. The van der Waals surface area contributed by atoms with Gasteiger partial charge in [0, 0.05) is 6.54 Å². The van der Waals surface area contributed by atoms with Crippen molar-refractivity contribution in [2.45, 2.75) is 50.2 Å². The lowest BCUT2D eigenvalue weighted by Gasteiger charge is -2.21. The van der Waals surface area contributed by atoms with Crippen molar-refractivity contribution < 1.29 is 32.6 Å². The molecule has 0 bridgehead atoms. The average molecular weight is 445 g/mol. The third-order valence-electron chi connectivity index (χ3n) is 3.53. The van der Waals surface area contributed by atoms with E-state index >= 15 is 0 Å². The van der Waals surface area contributed by atoms with Crippen LogP contribution in [0.25, 0.3) is 0 Å². The molecule has 0 heterocycles. The van der Waals surface area contributed by atoms with Gasteiger partial charge in [-0.3, -0.25) is 4.99 Å². The first-order valence-corrected chi connectivity index (χ1v) is 10.5. The van der Waals surface area contributed by atoms with E-state index in [0.717, 1.165) is 0 Å². The first kappa shape index (κ1) is 25.0. The van der Waals surface area contributed by atoms with Gasteiger partial charge in [0.2, 0.25) is 5.96 Å². The summed E-state index contributed by atoms with van der Waals surface area (Å²) in [5, 5.41) is 11.5. The van der Waals surface area contributed by atoms with Crippen LogP contribution in [0.5, 0.6) is 5.75 Å². The molecule has 12 heteroatoms. The minimum absolute atomic E-state index is 0.0195. The Bertz CT molecular complexity index is 862. The number of carbonyl (C=O) groups excluding carboxylic acids is 1. The molecule has 5 N–H and O–H groups in total. The van der Waals surface area contributed by atoms with Gasteiger partial charge in [0.1, 0.15) is 17.4 Å². The number of nitrogens with one attached hydrogen (secondary N) is 2. The fraction of sp³-hybridized carbons (Fsp3) is 0.500. The van der Waals surface area contributed by atoms with Gasteiger partial charge in [0.15, 0.2) is 0 Å². The van der Waals surface area contributed by atoms with Crippen LogP contribution in [-0.4, -0.2) is 56.8 Å².